The highest BCUT2D eigenvalue weighted by atomic mass is 32.2. The summed E-state index contributed by atoms with van der Waals surface area (Å²) in [6, 6.07) is 0. The molecule has 1 rings (SSSR count). The van der Waals surface area contributed by atoms with E-state index < -0.39 is 10.0 Å². The molecule has 0 aromatic heterocycles. The average Bonchev–Trinajstić information content (AvgIpc) is 2.32. The van der Waals surface area contributed by atoms with Gasteiger partial charge in [0.1, 0.15) is 0 Å². The van der Waals surface area contributed by atoms with Crippen LogP contribution in [0.3, 0.4) is 0 Å². The number of ether oxygens (including phenoxy) is 1. The maximum atomic E-state index is 12.1. The van der Waals surface area contributed by atoms with Crippen LogP contribution >= 0.6 is 0 Å². The number of carbonyl (C=O) groups excluding carboxylic acids is 1. The van der Waals surface area contributed by atoms with Crippen LogP contribution in [0.15, 0.2) is 0 Å². The van der Waals surface area contributed by atoms with Gasteiger partial charge in [0.25, 0.3) is 0 Å². The molecule has 0 radical (unpaired) electrons. The summed E-state index contributed by atoms with van der Waals surface area (Å²) in [7, 11) is -1.91. The maximum absolute atomic E-state index is 12.1. The van der Waals surface area contributed by atoms with Crippen molar-refractivity contribution < 1.29 is 17.9 Å². The van der Waals surface area contributed by atoms with Gasteiger partial charge in [-0.05, 0) is 24.7 Å². The van der Waals surface area contributed by atoms with Gasteiger partial charge in [0, 0.05) is 19.5 Å². The molecule has 106 valence electrons. The predicted molar refractivity (Wildman–Crippen MR) is 69.6 cm³/mol. The van der Waals surface area contributed by atoms with Crippen molar-refractivity contribution in [2.45, 2.75) is 33.1 Å². The van der Waals surface area contributed by atoms with Gasteiger partial charge in [-0.3, -0.25) is 4.79 Å². The van der Waals surface area contributed by atoms with E-state index in [9.17, 15) is 13.2 Å². The van der Waals surface area contributed by atoms with Crippen molar-refractivity contribution >= 4 is 16.0 Å². The van der Waals surface area contributed by atoms with Crippen LogP contribution in [0.2, 0.25) is 0 Å². The second-order valence-electron chi connectivity index (χ2n) is 5.10. The van der Waals surface area contributed by atoms with Crippen LogP contribution in [0.5, 0.6) is 0 Å². The largest absolute Gasteiger partial charge is 0.469 e. The van der Waals surface area contributed by atoms with Gasteiger partial charge < -0.3 is 4.74 Å². The normalized spacial score (nSPS) is 25.9. The summed E-state index contributed by atoms with van der Waals surface area (Å²) in [6.45, 7) is 5.44. The van der Waals surface area contributed by atoms with Gasteiger partial charge in [-0.15, -0.1) is 0 Å². The van der Waals surface area contributed by atoms with Crippen LogP contribution in [-0.2, 0) is 19.6 Å². The molecule has 0 aromatic carbocycles. The molecule has 0 aliphatic carbocycles. The summed E-state index contributed by atoms with van der Waals surface area (Å²) in [4.78, 5) is 10.9. The fraction of sp³-hybridized carbons (Fsp3) is 0.917. The van der Waals surface area contributed by atoms with Crippen molar-refractivity contribution in [3.05, 3.63) is 0 Å². The highest BCUT2D eigenvalue weighted by Gasteiger charge is 2.30. The number of methoxy groups -OCH3 is 1. The second kappa shape index (κ2) is 6.52. The number of carbonyl (C=O) groups is 1. The summed E-state index contributed by atoms with van der Waals surface area (Å²) in [6.07, 6.45) is 1.41. The molecule has 1 aliphatic rings. The summed E-state index contributed by atoms with van der Waals surface area (Å²) in [5.74, 6) is 0.648. The highest BCUT2D eigenvalue weighted by molar-refractivity contribution is 7.89. The van der Waals surface area contributed by atoms with Crippen molar-refractivity contribution in [1.29, 1.82) is 0 Å². The fourth-order valence-electron chi connectivity index (χ4n) is 2.11. The molecule has 0 amide bonds. The number of nitrogens with zero attached hydrogens (tertiary/aromatic N) is 1. The first-order valence-electron chi connectivity index (χ1n) is 6.41. The predicted octanol–water partition coefficient (Wildman–Crippen LogP) is 1.25. The highest BCUT2D eigenvalue weighted by Crippen LogP contribution is 2.24. The first kappa shape index (κ1) is 15.4. The standard InChI is InChI=1S/C12H23NO4S/c1-10-6-7-13(9-11(10)2)18(15,16)8-4-5-12(14)17-3/h10-11H,4-9H2,1-3H3. The van der Waals surface area contributed by atoms with Gasteiger partial charge in [0.15, 0.2) is 0 Å². The minimum atomic E-state index is -3.22. The molecular formula is C12H23NO4S. The molecule has 0 bridgehead atoms. The Balaban J connectivity index is 2.46. The Hall–Kier alpha value is -0.620. The van der Waals surface area contributed by atoms with Crippen LogP contribution < -0.4 is 0 Å². The molecule has 5 nitrogen and oxygen atoms in total. The molecule has 0 spiro atoms. The van der Waals surface area contributed by atoms with Gasteiger partial charge in [0.2, 0.25) is 10.0 Å². The van der Waals surface area contributed by atoms with Crippen LogP contribution in [0.25, 0.3) is 0 Å². The number of rotatable bonds is 5. The van der Waals surface area contributed by atoms with Gasteiger partial charge in [-0.2, -0.15) is 0 Å². The van der Waals surface area contributed by atoms with E-state index in [0.717, 1.165) is 6.42 Å². The van der Waals surface area contributed by atoms with Gasteiger partial charge in [-0.25, -0.2) is 12.7 Å². The first-order chi connectivity index (χ1) is 8.36. The van der Waals surface area contributed by atoms with E-state index in [1.54, 1.807) is 4.31 Å². The lowest BCUT2D eigenvalue weighted by Crippen LogP contribution is -2.43. The van der Waals surface area contributed by atoms with E-state index in [1.165, 1.54) is 7.11 Å². The number of hydrogen-bond acceptors (Lipinski definition) is 4. The number of hydrogen-bond donors (Lipinski definition) is 0. The molecule has 1 heterocycles. The molecule has 2 atom stereocenters. The van der Waals surface area contributed by atoms with Gasteiger partial charge in [-0.1, -0.05) is 13.8 Å². The Kier molecular flexibility index (Phi) is 5.59. The molecule has 2 unspecified atom stereocenters. The molecule has 1 fully saturated rings. The van der Waals surface area contributed by atoms with Crippen LogP contribution in [0, 0.1) is 11.8 Å². The Bertz CT molecular complexity index is 380. The average molecular weight is 277 g/mol. The van der Waals surface area contributed by atoms with Gasteiger partial charge in [0.05, 0.1) is 12.9 Å². The van der Waals surface area contributed by atoms with Crippen LogP contribution in [0.1, 0.15) is 33.1 Å². The fourth-order valence-corrected chi connectivity index (χ4v) is 3.72. The van der Waals surface area contributed by atoms with Crippen molar-refractivity contribution in [2.75, 3.05) is 26.0 Å². The van der Waals surface area contributed by atoms with Crippen LogP contribution in [0.4, 0.5) is 0 Å². The molecule has 0 N–H and O–H groups in total. The SMILES string of the molecule is COC(=O)CCCS(=O)(=O)N1CCC(C)C(C)C1. The quantitative estimate of drug-likeness (QED) is 0.709. The molecule has 1 aliphatic heterocycles. The minimum absolute atomic E-state index is 0.0310. The Morgan fingerprint density at radius 1 is 1.33 bits per heavy atom. The van der Waals surface area contributed by atoms with E-state index in [-0.39, 0.29) is 18.1 Å². The van der Waals surface area contributed by atoms with Crippen LogP contribution in [-0.4, -0.2) is 44.6 Å². The van der Waals surface area contributed by atoms with Crippen molar-refractivity contribution in [1.82, 2.24) is 4.31 Å². The molecule has 0 saturated carbocycles. The Morgan fingerprint density at radius 2 is 2.00 bits per heavy atom. The zero-order valence-corrected chi connectivity index (χ0v) is 12.2. The molecule has 0 aromatic rings. The summed E-state index contributed by atoms with van der Waals surface area (Å²) in [5, 5.41) is 0. The van der Waals surface area contributed by atoms with E-state index >= 15 is 0 Å². The maximum Gasteiger partial charge on any atom is 0.305 e. The zero-order valence-electron chi connectivity index (χ0n) is 11.4. The minimum Gasteiger partial charge on any atom is -0.469 e. The molecule has 6 heteroatoms. The van der Waals surface area contributed by atoms with Crippen molar-refractivity contribution in [3.63, 3.8) is 0 Å². The number of sulfonamides is 1. The van der Waals surface area contributed by atoms with Crippen molar-refractivity contribution in [3.8, 4) is 0 Å². The number of esters is 1. The lowest BCUT2D eigenvalue weighted by molar-refractivity contribution is -0.140. The third-order valence-corrected chi connectivity index (χ3v) is 5.62. The number of piperidine rings is 1. The van der Waals surface area contributed by atoms with E-state index in [4.69, 9.17) is 0 Å². The summed E-state index contributed by atoms with van der Waals surface area (Å²) in [5.41, 5.74) is 0. The first-order valence-corrected chi connectivity index (χ1v) is 8.02. The molecule has 18 heavy (non-hydrogen) atoms. The second-order valence-corrected chi connectivity index (χ2v) is 7.19. The van der Waals surface area contributed by atoms with E-state index in [1.807, 2.05) is 0 Å². The van der Waals surface area contributed by atoms with Crippen molar-refractivity contribution in [2.24, 2.45) is 11.8 Å². The topological polar surface area (TPSA) is 63.7 Å². The lowest BCUT2D eigenvalue weighted by atomic mass is 9.90. The van der Waals surface area contributed by atoms with E-state index in [2.05, 4.69) is 18.6 Å². The lowest BCUT2D eigenvalue weighted by Gasteiger charge is -2.34. The third-order valence-electron chi connectivity index (χ3n) is 3.70. The molecular weight excluding hydrogens is 254 g/mol. The zero-order chi connectivity index (χ0) is 13.8. The Morgan fingerprint density at radius 3 is 2.56 bits per heavy atom. The summed E-state index contributed by atoms with van der Waals surface area (Å²) < 4.78 is 30.2. The monoisotopic (exact) mass is 277 g/mol. The summed E-state index contributed by atoms with van der Waals surface area (Å²) >= 11 is 0. The van der Waals surface area contributed by atoms with E-state index in [0.29, 0.717) is 31.3 Å². The Labute approximate surface area is 110 Å². The van der Waals surface area contributed by atoms with Gasteiger partial charge >= 0.3 is 5.97 Å². The molecule has 1 saturated heterocycles. The third kappa shape index (κ3) is 4.24. The smallest absolute Gasteiger partial charge is 0.305 e.